The molecule has 1 N–H and O–H groups in total. The van der Waals surface area contributed by atoms with Crippen molar-refractivity contribution in [1.82, 2.24) is 5.32 Å². The molecule has 5 nitrogen and oxygen atoms in total. The van der Waals surface area contributed by atoms with Crippen molar-refractivity contribution in [2.24, 2.45) is 11.0 Å². The number of para-hydroxylation sites is 1. The molecule has 0 aromatic heterocycles. The second-order valence-corrected chi connectivity index (χ2v) is 6.30. The zero-order valence-corrected chi connectivity index (χ0v) is 12.7. The molecule has 1 aromatic carbocycles. The number of thioether (sulfide) groups is 1. The molecule has 2 aliphatic heterocycles. The minimum absolute atomic E-state index is 0.169. The maximum absolute atomic E-state index is 12.5. The highest BCUT2D eigenvalue weighted by Gasteiger charge is 2.35. The number of thiocarbonyl (C=S) groups is 1. The van der Waals surface area contributed by atoms with Crippen LogP contribution in [-0.4, -0.2) is 21.8 Å². The minimum Gasteiger partial charge on any atom is -0.307 e. The van der Waals surface area contributed by atoms with E-state index >= 15 is 0 Å². The van der Waals surface area contributed by atoms with Crippen molar-refractivity contribution in [2.45, 2.75) is 6.92 Å². The first-order chi connectivity index (χ1) is 10.1. The topological polar surface area (TPSA) is 61.8 Å². The summed E-state index contributed by atoms with van der Waals surface area (Å²) in [6.07, 6.45) is 1.63. The lowest BCUT2D eigenvalue weighted by molar-refractivity contribution is -0.118. The molecule has 1 fully saturated rings. The fourth-order valence-corrected chi connectivity index (χ4v) is 3.17. The Morgan fingerprint density at radius 3 is 2.67 bits per heavy atom. The Morgan fingerprint density at radius 1 is 1.33 bits per heavy atom. The summed E-state index contributed by atoms with van der Waals surface area (Å²) in [6, 6.07) is 9.20. The van der Waals surface area contributed by atoms with Gasteiger partial charge in [-0.25, -0.2) is 0 Å². The molecule has 0 saturated carbocycles. The molecule has 1 aromatic rings. The van der Waals surface area contributed by atoms with Gasteiger partial charge in [0.15, 0.2) is 0 Å². The lowest BCUT2D eigenvalue weighted by Crippen LogP contribution is -2.26. The number of amides is 2. The van der Waals surface area contributed by atoms with E-state index in [9.17, 15) is 9.59 Å². The van der Waals surface area contributed by atoms with Crippen LogP contribution in [0.15, 0.2) is 46.4 Å². The number of carbonyl (C=O) groups is 2. The van der Waals surface area contributed by atoms with Gasteiger partial charge in [0, 0.05) is 0 Å². The third-order valence-electron chi connectivity index (χ3n) is 3.14. The van der Waals surface area contributed by atoms with Gasteiger partial charge in [0.1, 0.15) is 4.32 Å². The lowest BCUT2D eigenvalue weighted by Gasteiger charge is -2.12. The molecule has 0 radical (unpaired) electrons. The van der Waals surface area contributed by atoms with E-state index in [-0.39, 0.29) is 11.8 Å². The second kappa shape index (κ2) is 5.42. The monoisotopic (exact) mass is 317 g/mol. The van der Waals surface area contributed by atoms with E-state index in [0.717, 1.165) is 0 Å². The molecule has 0 spiro atoms. The molecule has 7 heteroatoms. The molecular weight excluding hydrogens is 306 g/mol. The molecule has 106 valence electrons. The van der Waals surface area contributed by atoms with Crippen LogP contribution < -0.4 is 10.3 Å². The number of carbonyl (C=O) groups excluding carboxylic acids is 2. The molecule has 1 unspecified atom stereocenters. The average molecular weight is 317 g/mol. The molecule has 21 heavy (non-hydrogen) atoms. The van der Waals surface area contributed by atoms with E-state index in [1.807, 2.05) is 30.3 Å². The van der Waals surface area contributed by atoms with Gasteiger partial charge >= 0.3 is 0 Å². The number of rotatable bonds is 2. The molecular formula is C14H11N3O2S2. The van der Waals surface area contributed by atoms with Crippen LogP contribution >= 0.6 is 24.0 Å². The first-order valence-electron chi connectivity index (χ1n) is 6.25. The SMILES string of the molecule is CC1=NN(c2ccccc2)C(=O)C1/C=C1\SC(=S)NC1=O. The Kier molecular flexibility index (Phi) is 3.60. The van der Waals surface area contributed by atoms with Crippen molar-refractivity contribution in [3.63, 3.8) is 0 Å². The van der Waals surface area contributed by atoms with Crippen molar-refractivity contribution < 1.29 is 9.59 Å². The van der Waals surface area contributed by atoms with Gasteiger partial charge in [-0.2, -0.15) is 10.1 Å². The van der Waals surface area contributed by atoms with Crippen molar-refractivity contribution in [2.75, 3.05) is 5.01 Å². The molecule has 1 atom stereocenters. The maximum atomic E-state index is 12.5. The molecule has 0 bridgehead atoms. The fraction of sp³-hybridized carbons (Fsp3) is 0.143. The third kappa shape index (κ3) is 2.62. The van der Waals surface area contributed by atoms with Gasteiger partial charge in [-0.15, -0.1) is 0 Å². The predicted octanol–water partition coefficient (Wildman–Crippen LogP) is 2.06. The summed E-state index contributed by atoms with van der Waals surface area (Å²) >= 11 is 6.11. The molecule has 0 aliphatic carbocycles. The first kappa shape index (κ1) is 14.0. The molecule has 2 amide bonds. The van der Waals surface area contributed by atoms with Crippen LogP contribution in [-0.2, 0) is 9.59 Å². The van der Waals surface area contributed by atoms with E-state index < -0.39 is 5.92 Å². The number of nitrogens with zero attached hydrogens (tertiary/aromatic N) is 2. The zero-order valence-electron chi connectivity index (χ0n) is 11.1. The van der Waals surface area contributed by atoms with E-state index in [0.29, 0.717) is 20.6 Å². The van der Waals surface area contributed by atoms with Crippen molar-refractivity contribution in [3.8, 4) is 0 Å². The van der Waals surface area contributed by atoms with Crippen LogP contribution in [0.2, 0.25) is 0 Å². The van der Waals surface area contributed by atoms with E-state index in [1.54, 1.807) is 13.0 Å². The summed E-state index contributed by atoms with van der Waals surface area (Å²) in [5, 5.41) is 8.19. The highest BCUT2D eigenvalue weighted by atomic mass is 32.2. The Hall–Kier alpha value is -1.99. The van der Waals surface area contributed by atoms with Gasteiger partial charge in [0.2, 0.25) is 0 Å². The number of hydrazone groups is 1. The number of nitrogens with one attached hydrogen (secondary N) is 1. The smallest absolute Gasteiger partial charge is 0.263 e. The van der Waals surface area contributed by atoms with Crippen LogP contribution in [0, 0.1) is 5.92 Å². The van der Waals surface area contributed by atoms with Gasteiger partial charge in [-0.05, 0) is 25.1 Å². The van der Waals surface area contributed by atoms with Crippen molar-refractivity contribution in [1.29, 1.82) is 0 Å². The number of anilines is 1. The number of hydrogen-bond acceptors (Lipinski definition) is 5. The fourth-order valence-electron chi connectivity index (χ4n) is 2.11. The number of hydrogen-bond donors (Lipinski definition) is 1. The van der Waals surface area contributed by atoms with Crippen LogP contribution in [0.3, 0.4) is 0 Å². The molecule has 3 rings (SSSR count). The Labute approximate surface area is 131 Å². The van der Waals surface area contributed by atoms with Crippen LogP contribution in [0.5, 0.6) is 0 Å². The minimum atomic E-state index is -0.528. The summed E-state index contributed by atoms with van der Waals surface area (Å²) in [7, 11) is 0. The van der Waals surface area contributed by atoms with E-state index in [2.05, 4.69) is 10.4 Å². The van der Waals surface area contributed by atoms with Crippen LogP contribution in [0.1, 0.15) is 6.92 Å². The summed E-state index contributed by atoms with van der Waals surface area (Å²) in [5.41, 5.74) is 1.37. The van der Waals surface area contributed by atoms with E-state index in [4.69, 9.17) is 12.2 Å². The van der Waals surface area contributed by atoms with Crippen molar-refractivity contribution in [3.05, 3.63) is 41.3 Å². The van der Waals surface area contributed by atoms with Crippen LogP contribution in [0.4, 0.5) is 5.69 Å². The summed E-state index contributed by atoms with van der Waals surface area (Å²) in [6.45, 7) is 1.78. The van der Waals surface area contributed by atoms with Gasteiger partial charge in [-0.1, -0.05) is 42.2 Å². The quantitative estimate of drug-likeness (QED) is 0.670. The molecule has 1 saturated heterocycles. The molecule has 2 heterocycles. The molecule has 2 aliphatic rings. The van der Waals surface area contributed by atoms with Crippen LogP contribution in [0.25, 0.3) is 0 Å². The van der Waals surface area contributed by atoms with Gasteiger partial charge < -0.3 is 5.32 Å². The van der Waals surface area contributed by atoms with E-state index in [1.165, 1.54) is 16.8 Å². The predicted molar refractivity (Wildman–Crippen MR) is 86.9 cm³/mol. The van der Waals surface area contributed by atoms with Crippen molar-refractivity contribution >= 4 is 51.5 Å². The largest absolute Gasteiger partial charge is 0.307 e. The highest BCUT2D eigenvalue weighted by Crippen LogP contribution is 2.29. The average Bonchev–Trinajstić information content (AvgIpc) is 2.93. The second-order valence-electron chi connectivity index (χ2n) is 4.58. The highest BCUT2D eigenvalue weighted by molar-refractivity contribution is 8.26. The normalized spacial score (nSPS) is 23.8. The Bertz CT molecular complexity index is 697. The summed E-state index contributed by atoms with van der Waals surface area (Å²) < 4.78 is 0.409. The third-order valence-corrected chi connectivity index (χ3v) is 4.32. The number of benzene rings is 1. The van der Waals surface area contributed by atoms with Gasteiger partial charge in [0.25, 0.3) is 11.8 Å². The lowest BCUT2D eigenvalue weighted by atomic mass is 10.0. The maximum Gasteiger partial charge on any atom is 0.263 e. The van der Waals surface area contributed by atoms with Gasteiger partial charge in [0.05, 0.1) is 22.2 Å². The Morgan fingerprint density at radius 2 is 2.05 bits per heavy atom. The first-order valence-corrected chi connectivity index (χ1v) is 7.48. The standard InChI is InChI=1S/C14H11N3O2S2/c1-8-10(7-11-12(18)15-14(20)21-11)13(19)17(16-8)9-5-3-2-4-6-9/h2-7,10H,1H3,(H,15,18,20)/b11-7-. The van der Waals surface area contributed by atoms with Gasteiger partial charge in [-0.3, -0.25) is 9.59 Å². The zero-order chi connectivity index (χ0) is 15.0. The summed E-state index contributed by atoms with van der Waals surface area (Å²) in [5.74, 6) is -0.958. The Balaban J connectivity index is 1.88. The summed E-state index contributed by atoms with van der Waals surface area (Å²) in [4.78, 5) is 24.6.